The van der Waals surface area contributed by atoms with Crippen LogP contribution < -0.4 is 4.74 Å². The number of halogens is 3. The summed E-state index contributed by atoms with van der Waals surface area (Å²) in [4.78, 5) is 0. The number of aryl methyl sites for hydroxylation is 1. The number of hydrogen-bond donors (Lipinski definition) is 0. The van der Waals surface area contributed by atoms with E-state index in [1.807, 2.05) is 19.1 Å². The van der Waals surface area contributed by atoms with Crippen LogP contribution in [-0.4, -0.2) is 6.36 Å². The Kier molecular flexibility index (Phi) is 3.28. The first-order chi connectivity index (χ1) is 8.44. The van der Waals surface area contributed by atoms with Gasteiger partial charge in [0, 0.05) is 0 Å². The lowest BCUT2D eigenvalue weighted by molar-refractivity contribution is -0.274. The van der Waals surface area contributed by atoms with Gasteiger partial charge in [0.2, 0.25) is 0 Å². The summed E-state index contributed by atoms with van der Waals surface area (Å²) < 4.78 is 40.2. The van der Waals surface area contributed by atoms with Crippen molar-refractivity contribution in [3.63, 3.8) is 0 Å². The smallest absolute Gasteiger partial charge is 0.406 e. The summed E-state index contributed by atoms with van der Waals surface area (Å²) in [5.74, 6) is -0.222. The van der Waals surface area contributed by atoms with E-state index >= 15 is 0 Å². The number of alkyl halides is 3. The average Bonchev–Trinajstić information content (AvgIpc) is 2.28. The highest BCUT2D eigenvalue weighted by Crippen LogP contribution is 2.27. The Bertz CT molecular complexity index is 529. The molecule has 0 aliphatic heterocycles. The molecule has 0 saturated heterocycles. The van der Waals surface area contributed by atoms with Gasteiger partial charge in [-0.2, -0.15) is 0 Å². The van der Waals surface area contributed by atoms with Crippen LogP contribution in [-0.2, 0) is 0 Å². The Morgan fingerprint density at radius 1 is 1.06 bits per heavy atom. The van der Waals surface area contributed by atoms with E-state index in [2.05, 4.69) is 10.8 Å². The Morgan fingerprint density at radius 2 is 1.83 bits per heavy atom. The number of rotatable bonds is 2. The maximum Gasteiger partial charge on any atom is 0.573 e. The van der Waals surface area contributed by atoms with Crippen molar-refractivity contribution in [2.75, 3.05) is 0 Å². The fraction of sp³-hybridized carbons (Fsp3) is 0.143. The second-order valence-corrected chi connectivity index (χ2v) is 3.84. The average molecular weight is 251 g/mol. The van der Waals surface area contributed by atoms with Crippen molar-refractivity contribution in [3.8, 4) is 16.9 Å². The molecule has 2 rings (SSSR count). The Balaban J connectivity index is 2.29. The van der Waals surface area contributed by atoms with Gasteiger partial charge in [0.15, 0.2) is 0 Å². The summed E-state index contributed by atoms with van der Waals surface area (Å²) in [6.07, 6.45) is -4.67. The summed E-state index contributed by atoms with van der Waals surface area (Å²) in [6.45, 7) is 1.90. The molecular formula is C14H10F3O. The van der Waals surface area contributed by atoms with Gasteiger partial charge in [-0.05, 0) is 47.9 Å². The second kappa shape index (κ2) is 4.72. The molecule has 0 spiro atoms. The summed E-state index contributed by atoms with van der Waals surface area (Å²) in [6, 6.07) is 14.3. The summed E-state index contributed by atoms with van der Waals surface area (Å²) in [7, 11) is 0. The zero-order valence-electron chi connectivity index (χ0n) is 9.58. The maximum absolute atomic E-state index is 12.1. The van der Waals surface area contributed by atoms with Gasteiger partial charge < -0.3 is 4.74 Å². The van der Waals surface area contributed by atoms with E-state index in [4.69, 9.17) is 0 Å². The molecule has 1 radical (unpaired) electrons. The third-order valence-electron chi connectivity index (χ3n) is 2.37. The van der Waals surface area contributed by atoms with Crippen LogP contribution in [0.2, 0.25) is 0 Å². The van der Waals surface area contributed by atoms with E-state index in [-0.39, 0.29) is 5.75 Å². The zero-order chi connectivity index (χ0) is 13.2. The molecule has 18 heavy (non-hydrogen) atoms. The molecule has 0 N–H and O–H groups in total. The molecule has 0 saturated carbocycles. The van der Waals surface area contributed by atoms with Crippen LogP contribution in [0.25, 0.3) is 11.1 Å². The monoisotopic (exact) mass is 251 g/mol. The molecule has 0 aromatic heterocycles. The first kappa shape index (κ1) is 12.5. The van der Waals surface area contributed by atoms with Crippen LogP contribution in [0.15, 0.2) is 42.5 Å². The molecule has 0 atom stereocenters. The van der Waals surface area contributed by atoms with Crippen molar-refractivity contribution in [2.24, 2.45) is 0 Å². The fourth-order valence-electron chi connectivity index (χ4n) is 1.55. The van der Waals surface area contributed by atoms with Crippen molar-refractivity contribution in [1.29, 1.82) is 0 Å². The van der Waals surface area contributed by atoms with Gasteiger partial charge in [0.05, 0.1) is 0 Å². The molecule has 2 aromatic rings. The Hall–Kier alpha value is -1.97. The van der Waals surface area contributed by atoms with Crippen LogP contribution in [0.3, 0.4) is 0 Å². The molecule has 2 aromatic carbocycles. The minimum Gasteiger partial charge on any atom is -0.406 e. The van der Waals surface area contributed by atoms with Crippen molar-refractivity contribution in [3.05, 3.63) is 54.1 Å². The molecular weight excluding hydrogens is 241 g/mol. The molecule has 0 bridgehead atoms. The minimum atomic E-state index is -4.67. The Labute approximate surface area is 103 Å². The highest BCUT2D eigenvalue weighted by Gasteiger charge is 2.31. The largest absolute Gasteiger partial charge is 0.573 e. The highest BCUT2D eigenvalue weighted by atomic mass is 19.4. The molecule has 0 heterocycles. The topological polar surface area (TPSA) is 9.23 Å². The van der Waals surface area contributed by atoms with E-state index in [0.717, 1.165) is 11.1 Å². The number of benzene rings is 2. The van der Waals surface area contributed by atoms with Gasteiger partial charge in [0.1, 0.15) is 5.75 Å². The van der Waals surface area contributed by atoms with Crippen molar-refractivity contribution < 1.29 is 17.9 Å². The third kappa shape index (κ3) is 3.26. The minimum absolute atomic E-state index is 0.222. The van der Waals surface area contributed by atoms with Gasteiger partial charge in [0.25, 0.3) is 0 Å². The molecule has 0 fully saturated rings. The Morgan fingerprint density at radius 3 is 2.44 bits per heavy atom. The lowest BCUT2D eigenvalue weighted by Crippen LogP contribution is -2.17. The van der Waals surface area contributed by atoms with E-state index in [9.17, 15) is 13.2 Å². The SMILES string of the molecule is Cc1[c]cc(-c2cccc(OC(F)(F)F)c2)cc1. The van der Waals surface area contributed by atoms with Crippen LogP contribution in [0.5, 0.6) is 5.75 Å². The maximum atomic E-state index is 12.1. The van der Waals surface area contributed by atoms with Crippen LogP contribution in [0, 0.1) is 13.0 Å². The van der Waals surface area contributed by atoms with Gasteiger partial charge in [-0.3, -0.25) is 0 Å². The van der Waals surface area contributed by atoms with Gasteiger partial charge in [-0.1, -0.05) is 24.3 Å². The molecule has 1 nitrogen and oxygen atoms in total. The van der Waals surface area contributed by atoms with E-state index in [1.54, 1.807) is 12.1 Å². The molecule has 4 heteroatoms. The molecule has 0 aliphatic rings. The van der Waals surface area contributed by atoms with Crippen molar-refractivity contribution in [2.45, 2.75) is 13.3 Å². The lowest BCUT2D eigenvalue weighted by Gasteiger charge is -2.10. The summed E-state index contributed by atoms with van der Waals surface area (Å²) >= 11 is 0. The van der Waals surface area contributed by atoms with Crippen molar-refractivity contribution >= 4 is 0 Å². The molecule has 0 aliphatic carbocycles. The van der Waals surface area contributed by atoms with Crippen LogP contribution in [0.4, 0.5) is 13.2 Å². The van der Waals surface area contributed by atoms with Crippen molar-refractivity contribution in [1.82, 2.24) is 0 Å². The fourth-order valence-corrected chi connectivity index (χ4v) is 1.55. The zero-order valence-corrected chi connectivity index (χ0v) is 9.58. The second-order valence-electron chi connectivity index (χ2n) is 3.84. The van der Waals surface area contributed by atoms with E-state index < -0.39 is 6.36 Å². The van der Waals surface area contributed by atoms with Gasteiger partial charge in [-0.15, -0.1) is 13.2 Å². The molecule has 0 unspecified atom stereocenters. The number of hydrogen-bond acceptors (Lipinski definition) is 1. The summed E-state index contributed by atoms with van der Waals surface area (Å²) in [5, 5.41) is 0. The lowest BCUT2D eigenvalue weighted by atomic mass is 10.0. The molecule has 93 valence electrons. The van der Waals surface area contributed by atoms with Crippen LogP contribution in [0.1, 0.15) is 5.56 Å². The summed E-state index contributed by atoms with van der Waals surface area (Å²) in [5.41, 5.74) is 2.43. The first-order valence-corrected chi connectivity index (χ1v) is 5.28. The highest BCUT2D eigenvalue weighted by molar-refractivity contribution is 5.65. The first-order valence-electron chi connectivity index (χ1n) is 5.28. The molecule has 0 amide bonds. The quantitative estimate of drug-likeness (QED) is 0.770. The third-order valence-corrected chi connectivity index (χ3v) is 2.37. The van der Waals surface area contributed by atoms with E-state index in [1.165, 1.54) is 18.2 Å². The normalized spacial score (nSPS) is 11.3. The number of ether oxygens (including phenoxy) is 1. The van der Waals surface area contributed by atoms with Crippen LogP contribution >= 0.6 is 0 Å². The standard InChI is InChI=1S/C14H10F3O/c1-10-5-7-11(8-6-10)12-3-2-4-13(9-12)18-14(15,16)17/h2-5,7-9H,1H3. The predicted octanol–water partition coefficient (Wildman–Crippen LogP) is 4.36. The van der Waals surface area contributed by atoms with E-state index in [0.29, 0.717) is 5.56 Å². The van der Waals surface area contributed by atoms with Gasteiger partial charge >= 0.3 is 6.36 Å². The van der Waals surface area contributed by atoms with Gasteiger partial charge in [-0.25, -0.2) is 0 Å². The predicted molar refractivity (Wildman–Crippen MR) is 62.1 cm³/mol.